The van der Waals surface area contributed by atoms with E-state index in [1.165, 1.54) is 0 Å². The van der Waals surface area contributed by atoms with Gasteiger partial charge >= 0.3 is 6.03 Å². The van der Waals surface area contributed by atoms with E-state index in [2.05, 4.69) is 0 Å². The van der Waals surface area contributed by atoms with Gasteiger partial charge in [-0.1, -0.05) is 18.2 Å². The van der Waals surface area contributed by atoms with Crippen molar-refractivity contribution in [3.8, 4) is 0 Å². The highest BCUT2D eigenvalue weighted by Gasteiger charge is 2.35. The van der Waals surface area contributed by atoms with Crippen LogP contribution in [0.1, 0.15) is 30.1 Å². The number of benzene rings is 1. The van der Waals surface area contributed by atoms with Gasteiger partial charge in [-0.05, 0) is 31.9 Å². The molecular weight excluding hydrogens is 278 g/mol. The van der Waals surface area contributed by atoms with Crippen LogP contribution in [-0.2, 0) is 0 Å². The first-order valence-corrected chi connectivity index (χ1v) is 8.10. The number of nitrogens with zero attached hydrogens (tertiary/aromatic N) is 3. The monoisotopic (exact) mass is 301 g/mol. The third-order valence-corrected chi connectivity index (χ3v) is 4.72. The van der Waals surface area contributed by atoms with Gasteiger partial charge in [0.25, 0.3) is 5.91 Å². The molecule has 0 unspecified atom stereocenters. The number of hydrogen-bond acceptors (Lipinski definition) is 2. The molecule has 5 nitrogen and oxygen atoms in total. The third-order valence-electron chi connectivity index (χ3n) is 4.72. The van der Waals surface area contributed by atoms with Crippen LogP contribution in [0.2, 0.25) is 0 Å². The van der Waals surface area contributed by atoms with Crippen molar-refractivity contribution < 1.29 is 9.59 Å². The van der Waals surface area contributed by atoms with Crippen LogP contribution in [0.15, 0.2) is 30.3 Å². The highest BCUT2D eigenvalue weighted by atomic mass is 16.2. The zero-order chi connectivity index (χ0) is 15.5. The number of hydrogen-bond donors (Lipinski definition) is 0. The van der Waals surface area contributed by atoms with Gasteiger partial charge in [0.1, 0.15) is 0 Å². The summed E-state index contributed by atoms with van der Waals surface area (Å²) < 4.78 is 0. The van der Waals surface area contributed by atoms with Gasteiger partial charge in [0.05, 0.1) is 0 Å². The molecule has 1 aromatic rings. The smallest absolute Gasteiger partial charge is 0.320 e. The predicted molar refractivity (Wildman–Crippen MR) is 84.7 cm³/mol. The molecule has 2 fully saturated rings. The Kier molecular flexibility index (Phi) is 4.32. The first kappa shape index (κ1) is 14.9. The maximum atomic E-state index is 12.4. The maximum Gasteiger partial charge on any atom is 0.320 e. The minimum Gasteiger partial charge on any atom is -0.338 e. The Hall–Kier alpha value is -2.04. The van der Waals surface area contributed by atoms with Crippen molar-refractivity contribution in [1.29, 1.82) is 0 Å². The molecule has 5 heteroatoms. The minimum absolute atomic E-state index is 0.0991. The van der Waals surface area contributed by atoms with Crippen LogP contribution < -0.4 is 0 Å². The fourth-order valence-electron chi connectivity index (χ4n) is 3.38. The molecule has 0 radical (unpaired) electrons. The van der Waals surface area contributed by atoms with Gasteiger partial charge in [-0.25, -0.2) is 4.79 Å². The molecule has 3 amide bonds. The molecule has 22 heavy (non-hydrogen) atoms. The van der Waals surface area contributed by atoms with Gasteiger partial charge in [0.15, 0.2) is 0 Å². The van der Waals surface area contributed by atoms with Gasteiger partial charge in [0.2, 0.25) is 0 Å². The lowest BCUT2D eigenvalue weighted by Crippen LogP contribution is -2.48. The average Bonchev–Trinajstić information content (AvgIpc) is 2.96. The highest BCUT2D eigenvalue weighted by Crippen LogP contribution is 2.22. The second-order valence-electron chi connectivity index (χ2n) is 5.95. The number of urea groups is 1. The summed E-state index contributed by atoms with van der Waals surface area (Å²) in [6, 6.07) is 9.86. The molecule has 0 bridgehead atoms. The summed E-state index contributed by atoms with van der Waals surface area (Å²) in [5.41, 5.74) is 0.746. The molecule has 0 atom stereocenters. The number of rotatable bonds is 3. The average molecular weight is 301 g/mol. The van der Waals surface area contributed by atoms with Gasteiger partial charge in [-0.3, -0.25) is 4.79 Å². The molecule has 2 aliphatic rings. The van der Waals surface area contributed by atoms with Crippen molar-refractivity contribution in [3.05, 3.63) is 35.9 Å². The Morgan fingerprint density at radius 1 is 1.09 bits per heavy atom. The van der Waals surface area contributed by atoms with Crippen molar-refractivity contribution in [2.75, 3.05) is 32.7 Å². The molecule has 0 saturated carbocycles. The molecule has 2 aliphatic heterocycles. The van der Waals surface area contributed by atoms with E-state index in [0.717, 1.165) is 51.1 Å². The lowest BCUT2D eigenvalue weighted by Gasteiger charge is -2.36. The first-order chi connectivity index (χ1) is 10.7. The number of amides is 3. The van der Waals surface area contributed by atoms with Crippen LogP contribution in [-0.4, -0.2) is 65.4 Å². The number of carbonyl (C=O) groups is 2. The Morgan fingerprint density at radius 3 is 2.36 bits per heavy atom. The van der Waals surface area contributed by atoms with E-state index < -0.39 is 0 Å². The summed E-state index contributed by atoms with van der Waals surface area (Å²) in [6.07, 6.45) is 1.75. The third kappa shape index (κ3) is 2.80. The summed E-state index contributed by atoms with van der Waals surface area (Å²) in [5, 5.41) is 0. The lowest BCUT2D eigenvalue weighted by molar-refractivity contribution is 0.0663. The number of likely N-dealkylation sites (N-methyl/N-ethyl adjacent to an activating group) is 1. The zero-order valence-electron chi connectivity index (χ0n) is 13.1. The van der Waals surface area contributed by atoms with Crippen molar-refractivity contribution in [2.24, 2.45) is 0 Å². The van der Waals surface area contributed by atoms with Gasteiger partial charge in [0, 0.05) is 44.3 Å². The maximum absolute atomic E-state index is 12.4. The first-order valence-electron chi connectivity index (χ1n) is 8.10. The van der Waals surface area contributed by atoms with Crippen LogP contribution in [0.3, 0.4) is 0 Å². The van der Waals surface area contributed by atoms with Crippen molar-refractivity contribution in [2.45, 2.75) is 25.8 Å². The van der Waals surface area contributed by atoms with E-state index in [4.69, 9.17) is 0 Å². The highest BCUT2D eigenvalue weighted by molar-refractivity contribution is 5.94. The van der Waals surface area contributed by atoms with Crippen LogP contribution in [0, 0.1) is 0 Å². The summed E-state index contributed by atoms with van der Waals surface area (Å²) >= 11 is 0. The molecule has 2 heterocycles. The molecule has 118 valence electrons. The van der Waals surface area contributed by atoms with Gasteiger partial charge < -0.3 is 14.7 Å². The Labute approximate surface area is 131 Å². The fraction of sp³-hybridized carbons (Fsp3) is 0.529. The normalized spacial score (nSPS) is 19.9. The van der Waals surface area contributed by atoms with E-state index >= 15 is 0 Å². The molecular formula is C17H23N3O2. The van der Waals surface area contributed by atoms with Crippen molar-refractivity contribution in [1.82, 2.24) is 14.7 Å². The van der Waals surface area contributed by atoms with E-state index in [9.17, 15) is 9.59 Å². The van der Waals surface area contributed by atoms with Crippen LogP contribution >= 0.6 is 0 Å². The molecule has 0 N–H and O–H groups in total. The SMILES string of the molecule is CCN1CCN(C2CCN(C(=O)c3ccccc3)CC2)C1=O. The second kappa shape index (κ2) is 6.38. The fourth-order valence-corrected chi connectivity index (χ4v) is 3.38. The Bertz CT molecular complexity index is 538. The lowest BCUT2D eigenvalue weighted by atomic mass is 10.0. The molecule has 2 saturated heterocycles. The van der Waals surface area contributed by atoms with Crippen molar-refractivity contribution >= 4 is 11.9 Å². The number of piperidine rings is 1. The molecule has 0 spiro atoms. The molecule has 0 aromatic heterocycles. The Morgan fingerprint density at radius 2 is 1.77 bits per heavy atom. The van der Waals surface area contributed by atoms with Gasteiger partial charge in [-0.2, -0.15) is 0 Å². The van der Waals surface area contributed by atoms with E-state index in [1.807, 2.05) is 52.0 Å². The summed E-state index contributed by atoms with van der Waals surface area (Å²) in [5.74, 6) is 0.0991. The summed E-state index contributed by atoms with van der Waals surface area (Å²) in [4.78, 5) is 30.5. The number of likely N-dealkylation sites (tertiary alicyclic amines) is 1. The summed E-state index contributed by atoms with van der Waals surface area (Å²) in [7, 11) is 0. The largest absolute Gasteiger partial charge is 0.338 e. The van der Waals surface area contributed by atoms with Crippen molar-refractivity contribution in [3.63, 3.8) is 0 Å². The van der Waals surface area contributed by atoms with E-state index in [-0.39, 0.29) is 18.0 Å². The molecule has 0 aliphatic carbocycles. The van der Waals surface area contributed by atoms with E-state index in [1.54, 1.807) is 0 Å². The predicted octanol–water partition coefficient (Wildman–Crippen LogP) is 2.05. The molecule has 3 rings (SSSR count). The quantitative estimate of drug-likeness (QED) is 0.857. The van der Waals surface area contributed by atoms with Gasteiger partial charge in [-0.15, -0.1) is 0 Å². The number of carbonyl (C=O) groups excluding carboxylic acids is 2. The standard InChI is InChI=1S/C17H23N3O2/c1-2-18-12-13-20(17(18)22)15-8-10-19(11-9-15)16(21)14-6-4-3-5-7-14/h3-7,15H,2,8-13H2,1H3. The topological polar surface area (TPSA) is 43.9 Å². The van der Waals surface area contributed by atoms with E-state index in [0.29, 0.717) is 0 Å². The van der Waals surface area contributed by atoms with Crippen LogP contribution in [0.5, 0.6) is 0 Å². The second-order valence-corrected chi connectivity index (χ2v) is 5.95. The zero-order valence-corrected chi connectivity index (χ0v) is 13.1. The summed E-state index contributed by atoms with van der Waals surface area (Å²) in [6.45, 7) is 5.91. The van der Waals surface area contributed by atoms with Crippen LogP contribution in [0.4, 0.5) is 4.79 Å². The van der Waals surface area contributed by atoms with Crippen LogP contribution in [0.25, 0.3) is 0 Å². The Balaban J connectivity index is 1.57. The minimum atomic E-state index is 0.0991. The molecule has 1 aromatic carbocycles.